The Morgan fingerprint density at radius 2 is 1.83 bits per heavy atom. The quantitative estimate of drug-likeness (QED) is 0.758. The summed E-state index contributed by atoms with van der Waals surface area (Å²) in [5.41, 5.74) is 1.28. The first-order valence-corrected chi connectivity index (χ1v) is 9.80. The van der Waals surface area contributed by atoms with Crippen LogP contribution >= 0.6 is 0 Å². The van der Waals surface area contributed by atoms with Crippen molar-refractivity contribution in [1.82, 2.24) is 10.2 Å². The second kappa shape index (κ2) is 9.73. The fourth-order valence-corrected chi connectivity index (χ4v) is 3.10. The van der Waals surface area contributed by atoms with Gasteiger partial charge in [0.2, 0.25) is 5.91 Å². The topological polar surface area (TPSA) is 97.0 Å². The molecule has 1 aromatic rings. The molecule has 2 N–H and O–H groups in total. The van der Waals surface area contributed by atoms with Crippen molar-refractivity contribution in [3.8, 4) is 0 Å². The largest absolute Gasteiger partial charge is 0.444 e. The average molecular weight is 405 g/mol. The molecule has 0 radical (unpaired) electrons. The number of amides is 3. The molecule has 1 aliphatic rings. The van der Waals surface area contributed by atoms with Crippen LogP contribution in [0.25, 0.3) is 0 Å². The molecule has 0 aliphatic carbocycles. The number of rotatable bonds is 6. The summed E-state index contributed by atoms with van der Waals surface area (Å²) in [7, 11) is 1.44. The fourth-order valence-electron chi connectivity index (χ4n) is 3.10. The summed E-state index contributed by atoms with van der Waals surface area (Å²) in [5, 5.41) is 5.27. The van der Waals surface area contributed by atoms with E-state index in [-0.39, 0.29) is 12.5 Å². The van der Waals surface area contributed by atoms with E-state index in [0.29, 0.717) is 11.3 Å². The molecule has 8 nitrogen and oxygen atoms in total. The average Bonchev–Trinajstić information content (AvgIpc) is 3.14. The van der Waals surface area contributed by atoms with Crippen molar-refractivity contribution in [2.75, 3.05) is 32.1 Å². The number of nitrogens with one attached hydrogen (secondary N) is 2. The highest BCUT2D eigenvalue weighted by Gasteiger charge is 2.25. The Morgan fingerprint density at radius 1 is 1.17 bits per heavy atom. The van der Waals surface area contributed by atoms with E-state index >= 15 is 0 Å². The van der Waals surface area contributed by atoms with E-state index in [1.807, 2.05) is 11.8 Å². The van der Waals surface area contributed by atoms with Crippen LogP contribution in [0.1, 0.15) is 49.5 Å². The molecule has 1 fully saturated rings. The van der Waals surface area contributed by atoms with E-state index in [9.17, 15) is 14.4 Å². The molecule has 1 saturated heterocycles. The molecule has 8 heteroatoms. The SMILES string of the molecule is COC[C@@H](NC(=O)OC(C)(C)C)C(=O)Nc1ccc(C(=O)N2CCCC2)c(C)c1. The number of carbonyl (C=O) groups excluding carboxylic acids is 3. The summed E-state index contributed by atoms with van der Waals surface area (Å²) in [4.78, 5) is 39.0. The lowest BCUT2D eigenvalue weighted by Crippen LogP contribution is -2.48. The van der Waals surface area contributed by atoms with Gasteiger partial charge in [-0.25, -0.2) is 4.79 Å². The number of ether oxygens (including phenoxy) is 2. The van der Waals surface area contributed by atoms with Crippen molar-refractivity contribution < 1.29 is 23.9 Å². The summed E-state index contributed by atoms with van der Waals surface area (Å²) in [6.45, 7) is 8.63. The van der Waals surface area contributed by atoms with Gasteiger partial charge in [-0.1, -0.05) is 0 Å². The molecule has 1 heterocycles. The summed E-state index contributed by atoms with van der Waals surface area (Å²) in [5.74, 6) is -0.419. The first kappa shape index (κ1) is 22.7. The van der Waals surface area contributed by atoms with Crippen LogP contribution in [-0.4, -0.2) is 61.3 Å². The zero-order chi connectivity index (χ0) is 21.6. The maximum atomic E-state index is 12.6. The van der Waals surface area contributed by atoms with Crippen LogP contribution in [0.5, 0.6) is 0 Å². The number of aryl methyl sites for hydroxylation is 1. The van der Waals surface area contributed by atoms with E-state index < -0.39 is 23.6 Å². The lowest BCUT2D eigenvalue weighted by molar-refractivity contribution is -0.119. The zero-order valence-corrected chi connectivity index (χ0v) is 17.8. The Morgan fingerprint density at radius 3 is 2.38 bits per heavy atom. The number of anilines is 1. The van der Waals surface area contributed by atoms with Gasteiger partial charge < -0.3 is 25.0 Å². The number of likely N-dealkylation sites (tertiary alicyclic amines) is 1. The molecule has 160 valence electrons. The lowest BCUT2D eigenvalue weighted by atomic mass is 10.1. The van der Waals surface area contributed by atoms with Gasteiger partial charge in [0.25, 0.3) is 5.91 Å². The highest BCUT2D eigenvalue weighted by molar-refractivity contribution is 5.99. The molecule has 1 atom stereocenters. The first-order valence-electron chi connectivity index (χ1n) is 9.80. The van der Waals surface area contributed by atoms with Gasteiger partial charge in [0, 0.05) is 31.5 Å². The molecular weight excluding hydrogens is 374 g/mol. The van der Waals surface area contributed by atoms with E-state index in [2.05, 4.69) is 10.6 Å². The monoisotopic (exact) mass is 405 g/mol. The van der Waals surface area contributed by atoms with Crippen molar-refractivity contribution in [3.05, 3.63) is 29.3 Å². The Labute approximate surface area is 171 Å². The van der Waals surface area contributed by atoms with Gasteiger partial charge in [0.15, 0.2) is 0 Å². The summed E-state index contributed by atoms with van der Waals surface area (Å²) in [6.07, 6.45) is 1.37. The molecule has 1 aliphatic heterocycles. The van der Waals surface area contributed by atoms with Gasteiger partial charge in [-0.2, -0.15) is 0 Å². The third-order valence-corrected chi connectivity index (χ3v) is 4.46. The van der Waals surface area contributed by atoms with Crippen molar-refractivity contribution in [3.63, 3.8) is 0 Å². The van der Waals surface area contributed by atoms with Crippen molar-refractivity contribution in [2.24, 2.45) is 0 Å². The van der Waals surface area contributed by atoms with Crippen LogP contribution in [0.4, 0.5) is 10.5 Å². The predicted molar refractivity (Wildman–Crippen MR) is 110 cm³/mol. The molecule has 0 unspecified atom stereocenters. The maximum absolute atomic E-state index is 12.6. The maximum Gasteiger partial charge on any atom is 0.408 e. The smallest absolute Gasteiger partial charge is 0.408 e. The van der Waals surface area contributed by atoms with Gasteiger partial charge in [-0.15, -0.1) is 0 Å². The number of hydrogen-bond acceptors (Lipinski definition) is 5. The van der Waals surface area contributed by atoms with E-state index in [0.717, 1.165) is 31.5 Å². The minimum absolute atomic E-state index is 0.00438. The number of alkyl carbamates (subject to hydrolysis) is 1. The van der Waals surface area contributed by atoms with Gasteiger partial charge in [0.1, 0.15) is 11.6 Å². The normalized spacial score (nSPS) is 15.0. The number of nitrogens with zero attached hydrogens (tertiary/aromatic N) is 1. The summed E-state index contributed by atoms with van der Waals surface area (Å²) in [6, 6.07) is 4.24. The van der Waals surface area contributed by atoms with Crippen LogP contribution in [0.15, 0.2) is 18.2 Å². The van der Waals surface area contributed by atoms with Gasteiger partial charge in [-0.3, -0.25) is 9.59 Å². The molecule has 0 spiro atoms. The second-order valence-corrected chi connectivity index (χ2v) is 8.17. The highest BCUT2D eigenvalue weighted by atomic mass is 16.6. The standard InChI is InChI=1S/C21H31N3O5/c1-14-12-15(8-9-16(14)19(26)24-10-6-7-11-24)22-18(25)17(13-28-5)23-20(27)29-21(2,3)4/h8-9,12,17H,6-7,10-11,13H2,1-5H3,(H,22,25)(H,23,27)/t17-/m1/s1. The number of benzene rings is 1. The second-order valence-electron chi connectivity index (χ2n) is 8.17. The lowest BCUT2D eigenvalue weighted by Gasteiger charge is -2.23. The van der Waals surface area contributed by atoms with Crippen LogP contribution < -0.4 is 10.6 Å². The Bertz CT molecular complexity index is 751. The van der Waals surface area contributed by atoms with Crippen LogP contribution in [-0.2, 0) is 14.3 Å². The number of methoxy groups -OCH3 is 1. The van der Waals surface area contributed by atoms with Crippen molar-refractivity contribution >= 4 is 23.6 Å². The highest BCUT2D eigenvalue weighted by Crippen LogP contribution is 2.19. The third kappa shape index (κ3) is 6.74. The molecule has 29 heavy (non-hydrogen) atoms. The number of carbonyl (C=O) groups is 3. The third-order valence-electron chi connectivity index (χ3n) is 4.46. The minimum atomic E-state index is -0.916. The molecule has 0 saturated carbocycles. The van der Waals surface area contributed by atoms with E-state index in [1.165, 1.54) is 7.11 Å². The summed E-state index contributed by atoms with van der Waals surface area (Å²) >= 11 is 0. The predicted octanol–water partition coefficient (Wildman–Crippen LogP) is 2.71. The van der Waals surface area contributed by atoms with Crippen LogP contribution in [0.3, 0.4) is 0 Å². The Hall–Kier alpha value is -2.61. The number of hydrogen-bond donors (Lipinski definition) is 2. The van der Waals surface area contributed by atoms with Crippen molar-refractivity contribution in [1.29, 1.82) is 0 Å². The van der Waals surface area contributed by atoms with Gasteiger partial charge >= 0.3 is 6.09 Å². The van der Waals surface area contributed by atoms with E-state index in [1.54, 1.807) is 39.0 Å². The molecule has 0 aromatic heterocycles. The van der Waals surface area contributed by atoms with Crippen LogP contribution in [0, 0.1) is 6.92 Å². The Kier molecular flexibility index (Phi) is 7.61. The molecule has 2 rings (SSSR count). The zero-order valence-electron chi connectivity index (χ0n) is 17.8. The van der Waals surface area contributed by atoms with Gasteiger partial charge in [-0.05, 0) is 64.3 Å². The molecular formula is C21H31N3O5. The van der Waals surface area contributed by atoms with Gasteiger partial charge in [0.05, 0.1) is 6.61 Å². The Balaban J connectivity index is 2.04. The first-order chi connectivity index (χ1) is 13.6. The molecule has 1 aromatic carbocycles. The fraction of sp³-hybridized carbons (Fsp3) is 0.571. The summed E-state index contributed by atoms with van der Waals surface area (Å²) < 4.78 is 10.2. The van der Waals surface area contributed by atoms with Crippen molar-refractivity contribution in [2.45, 2.75) is 52.2 Å². The molecule has 3 amide bonds. The molecule has 0 bridgehead atoms. The minimum Gasteiger partial charge on any atom is -0.444 e. The van der Waals surface area contributed by atoms with E-state index in [4.69, 9.17) is 9.47 Å². The van der Waals surface area contributed by atoms with Crippen LogP contribution in [0.2, 0.25) is 0 Å².